The summed E-state index contributed by atoms with van der Waals surface area (Å²) in [5.41, 5.74) is 0.155. The number of aliphatic hydroxyl groups excluding tert-OH is 1. The van der Waals surface area contributed by atoms with E-state index < -0.39 is 0 Å². The van der Waals surface area contributed by atoms with Gasteiger partial charge in [0.05, 0.1) is 18.2 Å². The van der Waals surface area contributed by atoms with E-state index >= 15 is 0 Å². The molecule has 2 aliphatic rings. The van der Waals surface area contributed by atoms with E-state index in [4.69, 9.17) is 9.47 Å². The number of amides is 1. The van der Waals surface area contributed by atoms with Crippen LogP contribution in [-0.4, -0.2) is 59.9 Å². The lowest BCUT2D eigenvalue weighted by Gasteiger charge is -2.63. The van der Waals surface area contributed by atoms with Gasteiger partial charge in [-0.25, -0.2) is 9.97 Å². The predicted molar refractivity (Wildman–Crippen MR) is 140 cm³/mol. The fourth-order valence-corrected chi connectivity index (χ4v) is 6.24. The highest BCUT2D eigenvalue weighted by Crippen LogP contribution is 2.55. The molecule has 9 heteroatoms. The van der Waals surface area contributed by atoms with Crippen LogP contribution in [0.1, 0.15) is 57.0 Å². The summed E-state index contributed by atoms with van der Waals surface area (Å²) >= 11 is 0. The van der Waals surface area contributed by atoms with Gasteiger partial charge in [0.2, 0.25) is 5.95 Å². The maximum absolute atomic E-state index is 13.1. The minimum Gasteiger partial charge on any atom is -0.495 e. The van der Waals surface area contributed by atoms with Crippen LogP contribution in [0.15, 0.2) is 30.6 Å². The third-order valence-electron chi connectivity index (χ3n) is 8.16. The number of piperidine rings is 1. The molecule has 1 saturated heterocycles. The van der Waals surface area contributed by atoms with E-state index in [-0.39, 0.29) is 35.5 Å². The van der Waals surface area contributed by atoms with E-state index in [1.54, 1.807) is 30.6 Å². The summed E-state index contributed by atoms with van der Waals surface area (Å²) < 4.78 is 11.7. The van der Waals surface area contributed by atoms with E-state index in [0.717, 1.165) is 19.5 Å². The molecule has 2 fully saturated rings. The first-order valence-electron chi connectivity index (χ1n) is 12.8. The summed E-state index contributed by atoms with van der Waals surface area (Å²) in [6.45, 7) is 12.2. The first-order chi connectivity index (χ1) is 17.5. The van der Waals surface area contributed by atoms with Gasteiger partial charge in [0, 0.05) is 55.0 Å². The molecule has 1 amide bonds. The topological polar surface area (TPSA) is 121 Å². The Morgan fingerprint density at radius 2 is 1.92 bits per heavy atom. The molecule has 2 heterocycles. The summed E-state index contributed by atoms with van der Waals surface area (Å²) in [5, 5.41) is 21.9. The Kier molecular flexibility index (Phi) is 7.33. The molecule has 2 N–H and O–H groups in total. The highest BCUT2D eigenvalue weighted by atomic mass is 16.5. The Balaban J connectivity index is 1.41. The molecular weight excluding hydrogens is 470 g/mol. The van der Waals surface area contributed by atoms with Gasteiger partial charge < -0.3 is 24.8 Å². The van der Waals surface area contributed by atoms with Crippen molar-refractivity contribution in [3.63, 3.8) is 0 Å². The fraction of sp³-hybridized carbons (Fsp3) is 0.571. The zero-order valence-corrected chi connectivity index (χ0v) is 22.5. The van der Waals surface area contributed by atoms with Crippen molar-refractivity contribution in [3.8, 4) is 17.6 Å². The molecule has 0 radical (unpaired) electrons. The monoisotopic (exact) mass is 507 g/mol. The maximum Gasteiger partial charge on any atom is 0.254 e. The third-order valence-corrected chi connectivity index (χ3v) is 8.16. The molecule has 2 aromatic rings. The number of nitrogens with one attached hydrogen (secondary N) is 1. The average Bonchev–Trinajstić information content (AvgIpc) is 2.89. The highest BCUT2D eigenvalue weighted by Gasteiger charge is 2.64. The van der Waals surface area contributed by atoms with E-state index in [1.807, 2.05) is 0 Å². The second-order valence-electron chi connectivity index (χ2n) is 11.4. The maximum atomic E-state index is 13.1. The second-order valence-corrected chi connectivity index (χ2v) is 11.4. The summed E-state index contributed by atoms with van der Waals surface area (Å²) in [5.74, 6) is 2.14. The van der Waals surface area contributed by atoms with Crippen LogP contribution in [0.4, 0.5) is 5.95 Å². The lowest BCUT2D eigenvalue weighted by molar-refractivity contribution is -0.164. The van der Waals surface area contributed by atoms with Crippen LogP contribution in [-0.2, 0) is 0 Å². The first-order valence-corrected chi connectivity index (χ1v) is 12.8. The quantitative estimate of drug-likeness (QED) is 0.585. The van der Waals surface area contributed by atoms with Gasteiger partial charge in [-0.1, -0.05) is 34.6 Å². The summed E-state index contributed by atoms with van der Waals surface area (Å²) in [4.78, 5) is 24.2. The van der Waals surface area contributed by atoms with Gasteiger partial charge in [0.15, 0.2) is 0 Å². The van der Waals surface area contributed by atoms with Crippen LogP contribution in [0.2, 0.25) is 0 Å². The number of aromatic nitrogens is 2. The molecule has 1 aromatic carbocycles. The van der Waals surface area contributed by atoms with Crippen LogP contribution in [0.3, 0.4) is 0 Å². The third kappa shape index (κ3) is 4.95. The van der Waals surface area contributed by atoms with Gasteiger partial charge in [-0.15, -0.1) is 0 Å². The number of hydrogen-bond donors (Lipinski definition) is 2. The fourth-order valence-electron chi connectivity index (χ4n) is 6.24. The molecule has 37 heavy (non-hydrogen) atoms. The number of anilines is 1. The molecule has 2 atom stereocenters. The molecule has 1 saturated carbocycles. The number of benzene rings is 1. The minimum absolute atomic E-state index is 0.143. The molecule has 1 aromatic heterocycles. The number of rotatable bonds is 7. The van der Waals surface area contributed by atoms with Crippen LogP contribution in [0.25, 0.3) is 0 Å². The Morgan fingerprint density at radius 3 is 2.49 bits per heavy atom. The van der Waals surface area contributed by atoms with E-state index in [0.29, 0.717) is 40.4 Å². The smallest absolute Gasteiger partial charge is 0.254 e. The Bertz CT molecular complexity index is 1160. The number of carbonyl (C=O) groups excluding carboxylic acids is 1. The molecule has 0 spiro atoms. The first kappa shape index (κ1) is 26.7. The molecule has 1 aliphatic carbocycles. The lowest BCUT2D eigenvalue weighted by atomic mass is 9.49. The zero-order chi connectivity index (χ0) is 27.0. The second kappa shape index (κ2) is 10.2. The number of carbonyl (C=O) groups is 1. The van der Waals surface area contributed by atoms with Crippen LogP contribution < -0.4 is 19.7 Å². The highest BCUT2D eigenvalue weighted by molar-refractivity contribution is 5.94. The normalized spacial score (nSPS) is 25.9. The molecular formula is C28H37N5O4. The lowest BCUT2D eigenvalue weighted by Crippen LogP contribution is -2.74. The van der Waals surface area contributed by atoms with Gasteiger partial charge >= 0.3 is 0 Å². The number of aliphatic hydroxyl groups is 1. The van der Waals surface area contributed by atoms with E-state index in [1.165, 1.54) is 7.11 Å². The Hall–Kier alpha value is -3.38. The van der Waals surface area contributed by atoms with Crippen molar-refractivity contribution in [1.29, 1.82) is 5.26 Å². The van der Waals surface area contributed by atoms with Crippen LogP contribution >= 0.6 is 0 Å². The summed E-state index contributed by atoms with van der Waals surface area (Å²) in [7, 11) is 1.53. The SMILES string of the molecule is COc1cc(OC2C(C)(C)C(NC(=O)c3cnc(N4CC[C@H](CO)[C@@H](C)C4)nc3)C2(C)C)ccc1C#N. The van der Waals surface area contributed by atoms with Crippen molar-refractivity contribution in [3.05, 3.63) is 41.7 Å². The predicted octanol–water partition coefficient (Wildman–Crippen LogP) is 3.42. The largest absolute Gasteiger partial charge is 0.495 e. The van der Waals surface area contributed by atoms with Crippen molar-refractivity contribution in [2.24, 2.45) is 22.7 Å². The molecule has 9 nitrogen and oxygen atoms in total. The standard InChI is InChI=1S/C28H37N5O4/c1-17-15-33(10-9-19(17)16-34)26-30-13-20(14-31-26)23(35)32-24-27(2,3)25(28(24,4)5)37-21-8-7-18(12-29)22(11-21)36-6/h7-8,11,13-14,17,19,24-25,34H,9-10,15-16H2,1-6H3,(H,32,35)/t17-,19+,24?,25?/m0/s1. The van der Waals surface area contributed by atoms with Crippen LogP contribution in [0.5, 0.6) is 11.5 Å². The van der Waals surface area contributed by atoms with Crippen LogP contribution in [0, 0.1) is 34.0 Å². The van der Waals surface area contributed by atoms with Crippen molar-refractivity contribution in [1.82, 2.24) is 15.3 Å². The number of hydrogen-bond acceptors (Lipinski definition) is 8. The van der Waals surface area contributed by atoms with Crippen molar-refractivity contribution < 1.29 is 19.4 Å². The number of methoxy groups -OCH3 is 1. The molecule has 198 valence electrons. The van der Waals surface area contributed by atoms with Crippen molar-refractivity contribution in [2.45, 2.75) is 53.2 Å². The number of nitrogens with zero attached hydrogens (tertiary/aromatic N) is 4. The average molecular weight is 508 g/mol. The van der Waals surface area contributed by atoms with Gasteiger partial charge in [0.1, 0.15) is 23.7 Å². The zero-order valence-electron chi connectivity index (χ0n) is 22.5. The molecule has 0 unspecified atom stereocenters. The van der Waals surface area contributed by atoms with Gasteiger partial charge in [-0.05, 0) is 30.4 Å². The summed E-state index contributed by atoms with van der Waals surface area (Å²) in [6, 6.07) is 7.15. The van der Waals surface area contributed by atoms with Gasteiger partial charge in [-0.3, -0.25) is 4.79 Å². The van der Waals surface area contributed by atoms with Gasteiger partial charge in [-0.2, -0.15) is 5.26 Å². The number of ether oxygens (including phenoxy) is 2. The molecule has 0 bridgehead atoms. The molecule has 4 rings (SSSR count). The summed E-state index contributed by atoms with van der Waals surface area (Å²) in [6.07, 6.45) is 3.88. The van der Waals surface area contributed by atoms with E-state index in [9.17, 15) is 15.2 Å². The Labute approximate surface area is 218 Å². The van der Waals surface area contributed by atoms with Gasteiger partial charge in [0.25, 0.3) is 5.91 Å². The van der Waals surface area contributed by atoms with Crippen molar-refractivity contribution in [2.75, 3.05) is 31.7 Å². The number of nitriles is 1. The Morgan fingerprint density at radius 1 is 1.24 bits per heavy atom. The van der Waals surface area contributed by atoms with E-state index in [2.05, 4.69) is 60.9 Å². The molecule has 1 aliphatic heterocycles. The van der Waals surface area contributed by atoms with Crippen molar-refractivity contribution >= 4 is 11.9 Å². The minimum atomic E-state index is -0.353.